The van der Waals surface area contributed by atoms with Crippen LogP contribution in [-0.4, -0.2) is 19.0 Å². The number of carbonyl (C=O) groups excluding carboxylic acids is 1. The molecule has 4 nitrogen and oxygen atoms in total. The maximum atomic E-state index is 12.3. The van der Waals surface area contributed by atoms with Gasteiger partial charge in [-0.2, -0.15) is 0 Å². The number of para-hydroxylation sites is 1. The fourth-order valence-electron chi connectivity index (χ4n) is 2.49. The lowest BCUT2D eigenvalue weighted by Crippen LogP contribution is -1.99. The van der Waals surface area contributed by atoms with Crippen molar-refractivity contribution in [3.63, 3.8) is 0 Å². The lowest BCUT2D eigenvalue weighted by atomic mass is 10.1. The van der Waals surface area contributed by atoms with Crippen LogP contribution >= 0.6 is 0 Å². The Balaban J connectivity index is 1.79. The Hall–Kier alpha value is -3.45. The molecule has 3 aromatic rings. The lowest BCUT2D eigenvalue weighted by Gasteiger charge is -2.10. The number of allylic oxidation sites excluding steroid dienone is 1. The molecule has 0 radical (unpaired) electrons. The molecule has 0 spiro atoms. The Labute approximate surface area is 152 Å². The Morgan fingerprint density at radius 2 is 2.00 bits per heavy atom. The van der Waals surface area contributed by atoms with Crippen LogP contribution in [0.1, 0.15) is 23.0 Å². The summed E-state index contributed by atoms with van der Waals surface area (Å²) in [4.78, 5) is 12.3. The quantitative estimate of drug-likeness (QED) is 0.352. The molecule has 2 aromatic carbocycles. The normalized spacial score (nSPS) is 10.8. The number of furan rings is 1. The molecule has 0 saturated carbocycles. The SMILES string of the molecule is C#CCOc1ccc(/C=C/C(=O)c2cc3ccccc3o2)cc1OCC. The van der Waals surface area contributed by atoms with Gasteiger partial charge >= 0.3 is 0 Å². The zero-order chi connectivity index (χ0) is 18.4. The van der Waals surface area contributed by atoms with E-state index in [2.05, 4.69) is 5.92 Å². The molecule has 1 aromatic heterocycles. The number of hydrogen-bond donors (Lipinski definition) is 0. The summed E-state index contributed by atoms with van der Waals surface area (Å²) in [7, 11) is 0. The van der Waals surface area contributed by atoms with Crippen molar-refractivity contribution < 1.29 is 18.7 Å². The summed E-state index contributed by atoms with van der Waals surface area (Å²) < 4.78 is 16.6. The van der Waals surface area contributed by atoms with E-state index in [1.165, 1.54) is 6.08 Å². The number of terminal acetylenes is 1. The third-order valence-corrected chi connectivity index (χ3v) is 3.67. The van der Waals surface area contributed by atoms with Gasteiger partial charge in [0.05, 0.1) is 6.61 Å². The van der Waals surface area contributed by atoms with Gasteiger partial charge in [-0.15, -0.1) is 6.42 Å². The van der Waals surface area contributed by atoms with Crippen LogP contribution in [-0.2, 0) is 0 Å². The van der Waals surface area contributed by atoms with Gasteiger partial charge in [0.2, 0.25) is 5.78 Å². The number of carbonyl (C=O) groups is 1. The van der Waals surface area contributed by atoms with Crippen molar-refractivity contribution >= 4 is 22.8 Å². The standard InChI is InChI=1S/C22H18O4/c1-3-13-25-20-12-10-16(14-22(20)24-4-2)9-11-18(23)21-15-17-7-5-6-8-19(17)26-21/h1,5-12,14-15H,4,13H2,2H3/b11-9+. The van der Waals surface area contributed by atoms with E-state index in [-0.39, 0.29) is 12.4 Å². The van der Waals surface area contributed by atoms with Crippen molar-refractivity contribution in [3.8, 4) is 23.8 Å². The first-order valence-corrected chi connectivity index (χ1v) is 8.25. The summed E-state index contributed by atoms with van der Waals surface area (Å²) >= 11 is 0. The van der Waals surface area contributed by atoms with Crippen molar-refractivity contribution in [2.24, 2.45) is 0 Å². The van der Waals surface area contributed by atoms with E-state index in [9.17, 15) is 4.79 Å². The maximum Gasteiger partial charge on any atom is 0.221 e. The molecule has 130 valence electrons. The molecule has 4 heteroatoms. The van der Waals surface area contributed by atoms with Gasteiger partial charge < -0.3 is 13.9 Å². The molecule has 1 heterocycles. The van der Waals surface area contributed by atoms with Crippen molar-refractivity contribution in [2.45, 2.75) is 6.92 Å². The fourth-order valence-corrected chi connectivity index (χ4v) is 2.49. The van der Waals surface area contributed by atoms with Crippen LogP contribution in [0.2, 0.25) is 0 Å². The van der Waals surface area contributed by atoms with Crippen LogP contribution in [0.15, 0.2) is 59.0 Å². The molecule has 3 rings (SSSR count). The predicted octanol–water partition coefficient (Wildman–Crippen LogP) is 4.74. The highest BCUT2D eigenvalue weighted by Crippen LogP contribution is 2.29. The van der Waals surface area contributed by atoms with Gasteiger partial charge in [0.25, 0.3) is 0 Å². The van der Waals surface area contributed by atoms with E-state index < -0.39 is 0 Å². The number of hydrogen-bond acceptors (Lipinski definition) is 4. The number of rotatable bonds is 7. The average molecular weight is 346 g/mol. The van der Waals surface area contributed by atoms with Crippen LogP contribution in [0.3, 0.4) is 0 Å². The molecule has 0 aliphatic carbocycles. The topological polar surface area (TPSA) is 48.7 Å². The van der Waals surface area contributed by atoms with Gasteiger partial charge in [0, 0.05) is 5.39 Å². The summed E-state index contributed by atoms with van der Waals surface area (Å²) in [5.41, 5.74) is 1.50. The predicted molar refractivity (Wildman–Crippen MR) is 102 cm³/mol. The summed E-state index contributed by atoms with van der Waals surface area (Å²) in [6.07, 6.45) is 8.41. The largest absolute Gasteiger partial charge is 0.490 e. The summed E-state index contributed by atoms with van der Waals surface area (Å²) in [5, 5.41) is 0.901. The van der Waals surface area contributed by atoms with Gasteiger partial charge in [0.1, 0.15) is 12.2 Å². The molecule has 26 heavy (non-hydrogen) atoms. The second kappa shape index (κ2) is 8.09. The Morgan fingerprint density at radius 3 is 2.77 bits per heavy atom. The van der Waals surface area contributed by atoms with E-state index >= 15 is 0 Å². The van der Waals surface area contributed by atoms with E-state index in [1.807, 2.05) is 37.3 Å². The highest BCUT2D eigenvalue weighted by molar-refractivity contribution is 6.06. The molecule has 0 fully saturated rings. The van der Waals surface area contributed by atoms with Crippen LogP contribution in [0.25, 0.3) is 17.0 Å². The van der Waals surface area contributed by atoms with Gasteiger partial charge in [-0.25, -0.2) is 0 Å². The molecular weight excluding hydrogens is 328 g/mol. The molecule has 0 saturated heterocycles. The van der Waals surface area contributed by atoms with Crippen molar-refractivity contribution in [2.75, 3.05) is 13.2 Å². The lowest BCUT2D eigenvalue weighted by molar-refractivity contribution is 0.102. The molecular formula is C22H18O4. The fraction of sp³-hybridized carbons (Fsp3) is 0.136. The monoisotopic (exact) mass is 346 g/mol. The molecule has 0 N–H and O–H groups in total. The smallest absolute Gasteiger partial charge is 0.221 e. The first-order chi connectivity index (χ1) is 12.7. The van der Waals surface area contributed by atoms with E-state index in [1.54, 1.807) is 24.3 Å². The minimum Gasteiger partial charge on any atom is -0.490 e. The van der Waals surface area contributed by atoms with Crippen LogP contribution < -0.4 is 9.47 Å². The number of benzene rings is 2. The van der Waals surface area contributed by atoms with Crippen LogP contribution in [0, 0.1) is 12.3 Å². The van der Waals surface area contributed by atoms with Gasteiger partial charge in [-0.05, 0) is 42.8 Å². The van der Waals surface area contributed by atoms with Gasteiger partial charge in [0.15, 0.2) is 17.3 Å². The minimum absolute atomic E-state index is 0.166. The molecule has 0 aliphatic rings. The minimum atomic E-state index is -0.202. The van der Waals surface area contributed by atoms with Crippen molar-refractivity contribution in [1.29, 1.82) is 0 Å². The van der Waals surface area contributed by atoms with E-state index in [4.69, 9.17) is 20.3 Å². The first-order valence-electron chi connectivity index (χ1n) is 8.25. The highest BCUT2D eigenvalue weighted by Gasteiger charge is 2.10. The molecule has 0 unspecified atom stereocenters. The third-order valence-electron chi connectivity index (χ3n) is 3.67. The zero-order valence-electron chi connectivity index (χ0n) is 14.4. The van der Waals surface area contributed by atoms with Crippen molar-refractivity contribution in [3.05, 3.63) is 65.9 Å². The van der Waals surface area contributed by atoms with Crippen molar-refractivity contribution in [1.82, 2.24) is 0 Å². The Morgan fingerprint density at radius 1 is 1.15 bits per heavy atom. The van der Waals surface area contributed by atoms with Gasteiger partial charge in [-0.1, -0.05) is 36.3 Å². The zero-order valence-corrected chi connectivity index (χ0v) is 14.4. The number of fused-ring (bicyclic) bond motifs is 1. The van der Waals surface area contributed by atoms with Crippen LogP contribution in [0.4, 0.5) is 0 Å². The van der Waals surface area contributed by atoms with E-state index in [0.29, 0.717) is 29.4 Å². The number of ether oxygens (including phenoxy) is 2. The number of ketones is 1. The molecule has 0 amide bonds. The second-order valence-electron chi connectivity index (χ2n) is 5.48. The summed E-state index contributed by atoms with van der Waals surface area (Å²) in [6, 6.07) is 14.7. The molecule has 0 aliphatic heterocycles. The average Bonchev–Trinajstić information content (AvgIpc) is 3.10. The second-order valence-corrected chi connectivity index (χ2v) is 5.48. The first kappa shape index (κ1) is 17.4. The molecule has 0 atom stereocenters. The maximum absolute atomic E-state index is 12.3. The van der Waals surface area contributed by atoms with Gasteiger partial charge in [-0.3, -0.25) is 4.79 Å². The van der Waals surface area contributed by atoms with E-state index in [0.717, 1.165) is 10.9 Å². The summed E-state index contributed by atoms with van der Waals surface area (Å²) in [6.45, 7) is 2.55. The summed E-state index contributed by atoms with van der Waals surface area (Å²) in [5.74, 6) is 3.69. The highest BCUT2D eigenvalue weighted by atomic mass is 16.5. The van der Waals surface area contributed by atoms with Crippen LogP contribution in [0.5, 0.6) is 11.5 Å². The Kier molecular flexibility index (Phi) is 5.40. The third kappa shape index (κ3) is 3.96. The Bertz CT molecular complexity index is 956. The molecule has 0 bridgehead atoms.